The number of carbonyl (C=O) groups is 2. The lowest BCUT2D eigenvalue weighted by Crippen LogP contribution is -2.41. The Hall–Kier alpha value is -2.56. The number of hydrazine groups is 1. The van der Waals surface area contributed by atoms with Crippen molar-refractivity contribution in [2.24, 2.45) is 0 Å². The minimum absolute atomic E-state index is 0.169. The average molecular weight is 313 g/mol. The van der Waals surface area contributed by atoms with Gasteiger partial charge in [0, 0.05) is 23.5 Å². The number of rotatable bonds is 5. The predicted molar refractivity (Wildman–Crippen MR) is 90.4 cm³/mol. The molecule has 2 aromatic rings. The van der Waals surface area contributed by atoms with Gasteiger partial charge in [-0.2, -0.15) is 0 Å². The molecule has 1 heterocycles. The number of unbranched alkanes of at least 4 members (excludes halogenated alkanes) is 1. The number of hydrogen-bond acceptors (Lipinski definition) is 2. The van der Waals surface area contributed by atoms with Gasteiger partial charge in [0.25, 0.3) is 5.91 Å². The molecule has 0 radical (unpaired) electrons. The van der Waals surface area contributed by atoms with Gasteiger partial charge >= 0.3 is 0 Å². The molecule has 5 heteroatoms. The van der Waals surface area contributed by atoms with E-state index in [1.54, 1.807) is 0 Å². The zero-order valence-corrected chi connectivity index (χ0v) is 13.8. The first-order valence-electron chi connectivity index (χ1n) is 7.88. The Labute approximate surface area is 136 Å². The summed E-state index contributed by atoms with van der Waals surface area (Å²) in [4.78, 5) is 23.9. The van der Waals surface area contributed by atoms with Crippen LogP contribution < -0.4 is 10.9 Å². The molecule has 1 aromatic heterocycles. The number of nitrogens with one attached hydrogen (secondary N) is 2. The van der Waals surface area contributed by atoms with E-state index in [9.17, 15) is 9.59 Å². The molecule has 0 unspecified atom stereocenters. The van der Waals surface area contributed by atoms with Gasteiger partial charge in [0.05, 0.1) is 5.56 Å². The maximum absolute atomic E-state index is 12.3. The van der Waals surface area contributed by atoms with Crippen molar-refractivity contribution in [2.45, 2.75) is 40.0 Å². The Kier molecular flexibility index (Phi) is 5.57. The molecule has 0 saturated heterocycles. The van der Waals surface area contributed by atoms with Crippen molar-refractivity contribution in [3.8, 4) is 5.69 Å². The van der Waals surface area contributed by atoms with Gasteiger partial charge in [-0.15, -0.1) is 0 Å². The largest absolute Gasteiger partial charge is 0.318 e. The Morgan fingerprint density at radius 2 is 1.78 bits per heavy atom. The Morgan fingerprint density at radius 1 is 1.09 bits per heavy atom. The molecule has 0 aliphatic rings. The molecule has 2 rings (SSSR count). The first kappa shape index (κ1) is 16.8. The molecule has 1 aromatic carbocycles. The summed E-state index contributed by atoms with van der Waals surface area (Å²) in [6.07, 6.45) is 2.17. The van der Waals surface area contributed by atoms with Crippen LogP contribution in [0.5, 0.6) is 0 Å². The van der Waals surface area contributed by atoms with Gasteiger partial charge in [0.2, 0.25) is 5.91 Å². The Morgan fingerprint density at radius 3 is 2.43 bits per heavy atom. The summed E-state index contributed by atoms with van der Waals surface area (Å²) < 4.78 is 2.02. The van der Waals surface area contributed by atoms with Crippen molar-refractivity contribution in [3.63, 3.8) is 0 Å². The van der Waals surface area contributed by atoms with Gasteiger partial charge in [0.1, 0.15) is 0 Å². The van der Waals surface area contributed by atoms with E-state index < -0.39 is 0 Å². The minimum atomic E-state index is -0.301. The van der Waals surface area contributed by atoms with Crippen molar-refractivity contribution in [1.29, 1.82) is 0 Å². The van der Waals surface area contributed by atoms with Crippen molar-refractivity contribution in [2.75, 3.05) is 0 Å². The van der Waals surface area contributed by atoms with Crippen LogP contribution in [0.3, 0.4) is 0 Å². The monoisotopic (exact) mass is 313 g/mol. The zero-order chi connectivity index (χ0) is 16.8. The number of hydrogen-bond donors (Lipinski definition) is 2. The lowest BCUT2D eigenvalue weighted by molar-refractivity contribution is -0.121. The van der Waals surface area contributed by atoms with Crippen LogP contribution in [-0.2, 0) is 4.79 Å². The number of aryl methyl sites for hydroxylation is 1. The second-order valence-corrected chi connectivity index (χ2v) is 5.56. The van der Waals surface area contributed by atoms with Crippen molar-refractivity contribution < 1.29 is 9.59 Å². The lowest BCUT2D eigenvalue weighted by Gasteiger charge is -2.10. The van der Waals surface area contributed by atoms with E-state index in [0.29, 0.717) is 12.0 Å². The van der Waals surface area contributed by atoms with Crippen LogP contribution in [-0.4, -0.2) is 16.4 Å². The molecule has 2 N–H and O–H groups in total. The Bertz CT molecular complexity index is 690. The maximum atomic E-state index is 12.3. The molecule has 5 nitrogen and oxygen atoms in total. The maximum Gasteiger partial charge on any atom is 0.271 e. The van der Waals surface area contributed by atoms with Crippen molar-refractivity contribution >= 4 is 11.8 Å². The molecule has 0 spiro atoms. The third-order valence-electron chi connectivity index (χ3n) is 3.76. The molecule has 0 aliphatic heterocycles. The molecule has 0 fully saturated rings. The SMILES string of the molecule is CCCCC(=O)NNC(=O)c1cc(C)n(-c2ccccc2)c1C. The van der Waals surface area contributed by atoms with Crippen LogP contribution in [0, 0.1) is 13.8 Å². The first-order valence-corrected chi connectivity index (χ1v) is 7.88. The van der Waals surface area contributed by atoms with Crippen LogP contribution in [0.4, 0.5) is 0 Å². The standard InChI is InChI=1S/C18H23N3O2/c1-4-5-11-17(22)19-20-18(23)16-12-13(2)21(14(16)3)15-9-7-6-8-10-15/h6-10,12H,4-5,11H2,1-3H3,(H,19,22)(H,20,23). The van der Waals surface area contributed by atoms with E-state index in [0.717, 1.165) is 29.9 Å². The molecule has 0 bridgehead atoms. The van der Waals surface area contributed by atoms with Crippen LogP contribution in [0.1, 0.15) is 47.9 Å². The predicted octanol–water partition coefficient (Wildman–Crippen LogP) is 3.05. The average Bonchev–Trinajstić information content (AvgIpc) is 2.86. The van der Waals surface area contributed by atoms with Gasteiger partial charge < -0.3 is 4.57 Å². The van der Waals surface area contributed by atoms with E-state index in [2.05, 4.69) is 10.9 Å². The fraction of sp³-hybridized carbons (Fsp3) is 0.333. The van der Waals surface area contributed by atoms with Crippen molar-refractivity contribution in [1.82, 2.24) is 15.4 Å². The summed E-state index contributed by atoms with van der Waals surface area (Å²) in [5.41, 5.74) is 8.33. The van der Waals surface area contributed by atoms with Crippen molar-refractivity contribution in [3.05, 3.63) is 53.3 Å². The fourth-order valence-electron chi connectivity index (χ4n) is 2.56. The normalized spacial score (nSPS) is 10.4. The van der Waals surface area contributed by atoms with Gasteiger partial charge in [0.15, 0.2) is 0 Å². The second kappa shape index (κ2) is 7.63. The number of nitrogens with zero attached hydrogens (tertiary/aromatic N) is 1. The Balaban J connectivity index is 2.12. The highest BCUT2D eigenvalue weighted by molar-refractivity contribution is 5.96. The molecule has 0 aliphatic carbocycles. The number of benzene rings is 1. The molecular weight excluding hydrogens is 290 g/mol. The van der Waals surface area contributed by atoms with Crippen LogP contribution in [0.25, 0.3) is 5.69 Å². The molecule has 122 valence electrons. The minimum Gasteiger partial charge on any atom is -0.318 e. The van der Waals surface area contributed by atoms with Gasteiger partial charge in [-0.25, -0.2) is 0 Å². The summed E-state index contributed by atoms with van der Waals surface area (Å²) in [5.74, 6) is -0.470. The summed E-state index contributed by atoms with van der Waals surface area (Å²) in [7, 11) is 0. The van der Waals surface area contributed by atoms with Gasteiger partial charge in [-0.3, -0.25) is 20.4 Å². The van der Waals surface area contributed by atoms with Crippen LogP contribution >= 0.6 is 0 Å². The summed E-state index contributed by atoms with van der Waals surface area (Å²) in [5, 5.41) is 0. The molecule has 2 amide bonds. The molecule has 0 saturated carbocycles. The number of aromatic nitrogens is 1. The van der Waals surface area contributed by atoms with E-state index in [4.69, 9.17) is 0 Å². The highest BCUT2D eigenvalue weighted by atomic mass is 16.2. The van der Waals surface area contributed by atoms with Crippen LogP contribution in [0.2, 0.25) is 0 Å². The van der Waals surface area contributed by atoms with E-state index >= 15 is 0 Å². The second-order valence-electron chi connectivity index (χ2n) is 5.56. The van der Waals surface area contributed by atoms with Gasteiger partial charge in [-0.1, -0.05) is 31.5 Å². The number of carbonyl (C=O) groups excluding carboxylic acids is 2. The highest BCUT2D eigenvalue weighted by Crippen LogP contribution is 2.20. The fourth-order valence-corrected chi connectivity index (χ4v) is 2.56. The quantitative estimate of drug-likeness (QED) is 0.833. The molecular formula is C18H23N3O2. The molecule has 23 heavy (non-hydrogen) atoms. The summed E-state index contributed by atoms with van der Waals surface area (Å²) >= 11 is 0. The first-order chi connectivity index (χ1) is 11.0. The highest BCUT2D eigenvalue weighted by Gasteiger charge is 2.16. The number of para-hydroxylation sites is 1. The molecule has 0 atom stereocenters. The topological polar surface area (TPSA) is 63.1 Å². The van der Waals surface area contributed by atoms with E-state index in [1.807, 2.05) is 61.7 Å². The number of amides is 2. The third-order valence-corrected chi connectivity index (χ3v) is 3.76. The smallest absolute Gasteiger partial charge is 0.271 e. The van der Waals surface area contributed by atoms with Gasteiger partial charge in [-0.05, 0) is 38.5 Å². The summed E-state index contributed by atoms with van der Waals surface area (Å²) in [6.45, 7) is 5.87. The third kappa shape index (κ3) is 4.00. The van der Waals surface area contributed by atoms with Crippen LogP contribution in [0.15, 0.2) is 36.4 Å². The van der Waals surface area contributed by atoms with E-state index in [-0.39, 0.29) is 11.8 Å². The van der Waals surface area contributed by atoms with E-state index in [1.165, 1.54) is 0 Å². The lowest BCUT2D eigenvalue weighted by atomic mass is 10.2. The summed E-state index contributed by atoms with van der Waals surface area (Å²) in [6, 6.07) is 11.7. The zero-order valence-electron chi connectivity index (χ0n) is 13.8.